The maximum Gasteiger partial charge on any atom is 0.309 e. The third kappa shape index (κ3) is 4.20. The Morgan fingerprint density at radius 2 is 1.77 bits per heavy atom. The standard InChI is InChI=1S/C16H19N3O3/c1-19-9-5-8-13(19)14(20)11-18-16(22)15(21)17-10-12-6-3-2-4-7-12/h2-9,14,20H,10-11H2,1H3,(H,17,21)(H,18,22). The van der Waals surface area contributed by atoms with Crippen molar-refractivity contribution in [2.75, 3.05) is 6.54 Å². The number of carbonyl (C=O) groups is 2. The molecule has 0 aliphatic rings. The molecule has 1 heterocycles. The molecule has 2 amide bonds. The average molecular weight is 301 g/mol. The predicted molar refractivity (Wildman–Crippen MR) is 81.7 cm³/mol. The molecule has 0 bridgehead atoms. The van der Waals surface area contributed by atoms with Crippen LogP contribution in [0.2, 0.25) is 0 Å². The number of hydrogen-bond acceptors (Lipinski definition) is 3. The first-order chi connectivity index (χ1) is 10.6. The summed E-state index contributed by atoms with van der Waals surface area (Å²) in [6.45, 7) is 0.267. The van der Waals surface area contributed by atoms with Crippen molar-refractivity contribution in [3.8, 4) is 0 Å². The molecule has 0 fully saturated rings. The molecule has 3 N–H and O–H groups in total. The van der Waals surface area contributed by atoms with Crippen molar-refractivity contribution in [3.63, 3.8) is 0 Å². The summed E-state index contributed by atoms with van der Waals surface area (Å²) in [4.78, 5) is 23.4. The lowest BCUT2D eigenvalue weighted by Crippen LogP contribution is -2.41. The summed E-state index contributed by atoms with van der Waals surface area (Å²) in [6, 6.07) is 12.9. The summed E-state index contributed by atoms with van der Waals surface area (Å²) >= 11 is 0. The van der Waals surface area contributed by atoms with E-state index in [1.807, 2.05) is 30.3 Å². The number of carbonyl (C=O) groups excluding carboxylic acids is 2. The Bertz CT molecular complexity index is 637. The number of nitrogens with one attached hydrogen (secondary N) is 2. The zero-order valence-corrected chi connectivity index (χ0v) is 12.3. The number of aliphatic hydroxyl groups is 1. The second-order valence-electron chi connectivity index (χ2n) is 4.94. The van der Waals surface area contributed by atoms with Gasteiger partial charge in [-0.1, -0.05) is 30.3 Å². The average Bonchev–Trinajstić information content (AvgIpc) is 2.97. The van der Waals surface area contributed by atoms with E-state index in [2.05, 4.69) is 10.6 Å². The first-order valence-electron chi connectivity index (χ1n) is 6.97. The minimum absolute atomic E-state index is 0.0184. The number of aryl methyl sites for hydroxylation is 1. The molecule has 2 rings (SSSR count). The molecule has 0 aliphatic carbocycles. The Labute approximate surface area is 128 Å². The van der Waals surface area contributed by atoms with Gasteiger partial charge >= 0.3 is 11.8 Å². The number of hydrogen-bond donors (Lipinski definition) is 3. The van der Waals surface area contributed by atoms with E-state index in [1.54, 1.807) is 29.9 Å². The monoisotopic (exact) mass is 301 g/mol. The van der Waals surface area contributed by atoms with E-state index in [4.69, 9.17) is 0 Å². The number of rotatable bonds is 5. The van der Waals surface area contributed by atoms with Crippen LogP contribution in [0.5, 0.6) is 0 Å². The van der Waals surface area contributed by atoms with Crippen LogP contribution < -0.4 is 10.6 Å². The lowest BCUT2D eigenvalue weighted by atomic mass is 10.2. The molecule has 1 aromatic carbocycles. The third-order valence-electron chi connectivity index (χ3n) is 3.28. The summed E-state index contributed by atoms with van der Waals surface area (Å²) in [7, 11) is 1.80. The van der Waals surface area contributed by atoms with Crippen LogP contribution in [0.15, 0.2) is 48.7 Å². The Balaban J connectivity index is 1.77. The van der Waals surface area contributed by atoms with Crippen molar-refractivity contribution >= 4 is 11.8 Å². The van der Waals surface area contributed by atoms with Gasteiger partial charge in [-0.2, -0.15) is 0 Å². The molecule has 0 saturated heterocycles. The summed E-state index contributed by atoms with van der Waals surface area (Å²) in [5.41, 5.74) is 1.58. The second kappa shape index (κ2) is 7.42. The highest BCUT2D eigenvalue weighted by Crippen LogP contribution is 2.11. The number of aliphatic hydroxyl groups excluding tert-OH is 1. The number of aromatic nitrogens is 1. The van der Waals surface area contributed by atoms with Crippen molar-refractivity contribution in [2.45, 2.75) is 12.6 Å². The number of benzene rings is 1. The van der Waals surface area contributed by atoms with Gasteiger partial charge < -0.3 is 20.3 Å². The fraction of sp³-hybridized carbons (Fsp3) is 0.250. The molecule has 116 valence electrons. The minimum atomic E-state index is -0.856. The van der Waals surface area contributed by atoms with Crippen LogP contribution in [0.3, 0.4) is 0 Å². The van der Waals surface area contributed by atoms with Crippen LogP contribution in [0, 0.1) is 0 Å². The first-order valence-corrected chi connectivity index (χ1v) is 6.97. The van der Waals surface area contributed by atoms with E-state index in [9.17, 15) is 14.7 Å². The fourth-order valence-corrected chi connectivity index (χ4v) is 2.05. The lowest BCUT2D eigenvalue weighted by molar-refractivity contribution is -0.139. The maximum absolute atomic E-state index is 11.7. The number of amides is 2. The topological polar surface area (TPSA) is 83.4 Å². The van der Waals surface area contributed by atoms with Gasteiger partial charge in [0.25, 0.3) is 0 Å². The molecule has 1 aromatic heterocycles. The normalized spacial score (nSPS) is 11.7. The molecule has 0 saturated carbocycles. The SMILES string of the molecule is Cn1cccc1C(O)CNC(=O)C(=O)NCc1ccccc1. The molecule has 0 aliphatic heterocycles. The van der Waals surface area contributed by atoms with Crippen molar-refractivity contribution < 1.29 is 14.7 Å². The molecule has 22 heavy (non-hydrogen) atoms. The van der Waals surface area contributed by atoms with Gasteiger partial charge in [0, 0.05) is 32.0 Å². The second-order valence-corrected chi connectivity index (χ2v) is 4.94. The van der Waals surface area contributed by atoms with Crippen LogP contribution in [-0.4, -0.2) is 28.0 Å². The molecule has 6 heteroatoms. The van der Waals surface area contributed by atoms with Gasteiger partial charge in [-0.3, -0.25) is 9.59 Å². The zero-order valence-electron chi connectivity index (χ0n) is 12.3. The number of nitrogens with zero attached hydrogens (tertiary/aromatic N) is 1. The Morgan fingerprint density at radius 3 is 2.41 bits per heavy atom. The lowest BCUT2D eigenvalue weighted by Gasteiger charge is -2.13. The van der Waals surface area contributed by atoms with Gasteiger partial charge in [0.05, 0.1) is 0 Å². The summed E-state index contributed by atoms with van der Waals surface area (Å²) in [6.07, 6.45) is 0.943. The van der Waals surface area contributed by atoms with Gasteiger partial charge in [0.15, 0.2) is 0 Å². The first kappa shape index (κ1) is 15.8. The Morgan fingerprint density at radius 1 is 1.09 bits per heavy atom. The molecular formula is C16H19N3O3. The van der Waals surface area contributed by atoms with Gasteiger partial charge in [0.1, 0.15) is 6.10 Å². The van der Waals surface area contributed by atoms with Gasteiger partial charge in [-0.05, 0) is 17.7 Å². The van der Waals surface area contributed by atoms with Gasteiger partial charge in [-0.15, -0.1) is 0 Å². The smallest absolute Gasteiger partial charge is 0.309 e. The Kier molecular flexibility index (Phi) is 5.32. The van der Waals surface area contributed by atoms with E-state index < -0.39 is 17.9 Å². The molecular weight excluding hydrogens is 282 g/mol. The maximum atomic E-state index is 11.7. The van der Waals surface area contributed by atoms with Crippen molar-refractivity contribution in [1.82, 2.24) is 15.2 Å². The minimum Gasteiger partial charge on any atom is -0.385 e. The van der Waals surface area contributed by atoms with Crippen molar-refractivity contribution in [3.05, 3.63) is 59.9 Å². The molecule has 0 radical (unpaired) electrons. The highest BCUT2D eigenvalue weighted by Gasteiger charge is 2.16. The van der Waals surface area contributed by atoms with Crippen LogP contribution in [-0.2, 0) is 23.2 Å². The third-order valence-corrected chi connectivity index (χ3v) is 3.28. The van der Waals surface area contributed by atoms with E-state index in [0.717, 1.165) is 5.56 Å². The predicted octanol–water partition coefficient (Wildman–Crippen LogP) is 0.491. The largest absolute Gasteiger partial charge is 0.385 e. The van der Waals surface area contributed by atoms with E-state index in [0.29, 0.717) is 5.69 Å². The van der Waals surface area contributed by atoms with Crippen LogP contribution in [0.1, 0.15) is 17.4 Å². The molecule has 0 spiro atoms. The highest BCUT2D eigenvalue weighted by atomic mass is 16.3. The highest BCUT2D eigenvalue weighted by molar-refractivity contribution is 6.35. The van der Waals surface area contributed by atoms with E-state index in [1.165, 1.54) is 0 Å². The van der Waals surface area contributed by atoms with Gasteiger partial charge in [-0.25, -0.2) is 0 Å². The van der Waals surface area contributed by atoms with Crippen LogP contribution in [0.4, 0.5) is 0 Å². The fourth-order valence-electron chi connectivity index (χ4n) is 2.05. The molecule has 2 aromatic rings. The van der Waals surface area contributed by atoms with Gasteiger partial charge in [0.2, 0.25) is 0 Å². The summed E-state index contributed by atoms with van der Waals surface area (Å²) in [5, 5.41) is 14.9. The van der Waals surface area contributed by atoms with Crippen molar-refractivity contribution in [1.29, 1.82) is 0 Å². The molecule has 6 nitrogen and oxygen atoms in total. The summed E-state index contributed by atoms with van der Waals surface area (Å²) < 4.78 is 1.76. The molecule has 1 unspecified atom stereocenters. The zero-order chi connectivity index (χ0) is 15.9. The summed E-state index contributed by atoms with van der Waals surface area (Å²) in [5.74, 6) is -1.48. The molecule has 1 atom stereocenters. The van der Waals surface area contributed by atoms with E-state index in [-0.39, 0.29) is 13.1 Å². The van der Waals surface area contributed by atoms with Crippen LogP contribution >= 0.6 is 0 Å². The van der Waals surface area contributed by atoms with Crippen LogP contribution in [0.25, 0.3) is 0 Å². The Hall–Kier alpha value is -2.60. The van der Waals surface area contributed by atoms with E-state index >= 15 is 0 Å². The quantitative estimate of drug-likeness (QED) is 0.703. The van der Waals surface area contributed by atoms with Crippen molar-refractivity contribution in [2.24, 2.45) is 7.05 Å².